The van der Waals surface area contributed by atoms with E-state index in [1.807, 2.05) is 65.9 Å². The average molecular weight is 369 g/mol. The Balaban J connectivity index is 1.59. The molecule has 2 aromatic rings. The molecule has 6 nitrogen and oxygen atoms in total. The second-order valence-corrected chi connectivity index (χ2v) is 7.09. The highest BCUT2D eigenvalue weighted by Gasteiger charge is 2.25. The van der Waals surface area contributed by atoms with Crippen molar-refractivity contribution < 1.29 is 14.3 Å². The van der Waals surface area contributed by atoms with Gasteiger partial charge in [0.2, 0.25) is 5.91 Å². The van der Waals surface area contributed by atoms with Gasteiger partial charge in [-0.2, -0.15) is 0 Å². The van der Waals surface area contributed by atoms with Crippen LogP contribution in [0.1, 0.15) is 27.0 Å². The fourth-order valence-corrected chi connectivity index (χ4v) is 3.51. The molecule has 6 heteroatoms. The van der Waals surface area contributed by atoms with E-state index in [-0.39, 0.29) is 11.8 Å². The van der Waals surface area contributed by atoms with Crippen molar-refractivity contribution in [3.05, 3.63) is 52.8 Å². The molecule has 0 unspecified atom stereocenters. The maximum absolute atomic E-state index is 12.7. The fourth-order valence-electron chi connectivity index (χ4n) is 3.51. The Bertz CT molecular complexity index is 848. The van der Waals surface area contributed by atoms with Gasteiger partial charge in [0.15, 0.2) is 0 Å². The number of hydrogen-bond acceptors (Lipinski definition) is 3. The van der Waals surface area contributed by atoms with Crippen LogP contribution in [0.4, 0.5) is 0 Å². The van der Waals surface area contributed by atoms with Crippen LogP contribution in [-0.2, 0) is 18.3 Å². The van der Waals surface area contributed by atoms with E-state index in [4.69, 9.17) is 4.74 Å². The van der Waals surface area contributed by atoms with Crippen LogP contribution in [-0.4, -0.2) is 59.5 Å². The SMILES string of the molecule is COc1ccc(CC(=O)N2CCN(C(=O)c3ccn(C)c3)CC2)c(C)c1C. The molecule has 0 saturated carbocycles. The predicted molar refractivity (Wildman–Crippen MR) is 104 cm³/mol. The largest absolute Gasteiger partial charge is 0.496 e. The third-order valence-electron chi connectivity index (χ3n) is 5.41. The van der Waals surface area contributed by atoms with Gasteiger partial charge in [-0.1, -0.05) is 6.07 Å². The molecule has 0 radical (unpaired) electrons. The Labute approximate surface area is 160 Å². The molecule has 144 valence electrons. The minimum Gasteiger partial charge on any atom is -0.496 e. The molecular formula is C21H27N3O3. The first-order valence-electron chi connectivity index (χ1n) is 9.22. The van der Waals surface area contributed by atoms with Gasteiger partial charge in [0, 0.05) is 45.6 Å². The van der Waals surface area contributed by atoms with Crippen molar-refractivity contribution in [2.75, 3.05) is 33.3 Å². The number of aryl methyl sites for hydroxylation is 1. The Morgan fingerprint density at radius 1 is 1.00 bits per heavy atom. The zero-order valence-corrected chi connectivity index (χ0v) is 16.5. The highest BCUT2D eigenvalue weighted by molar-refractivity contribution is 5.94. The Morgan fingerprint density at radius 2 is 1.67 bits per heavy atom. The predicted octanol–water partition coefficient (Wildman–Crippen LogP) is 2.18. The summed E-state index contributed by atoms with van der Waals surface area (Å²) in [4.78, 5) is 28.9. The molecular weight excluding hydrogens is 342 g/mol. The van der Waals surface area contributed by atoms with Crippen molar-refractivity contribution in [1.82, 2.24) is 14.4 Å². The number of hydrogen-bond donors (Lipinski definition) is 0. The lowest BCUT2D eigenvalue weighted by molar-refractivity contribution is -0.131. The van der Waals surface area contributed by atoms with Crippen molar-refractivity contribution >= 4 is 11.8 Å². The smallest absolute Gasteiger partial charge is 0.255 e. The van der Waals surface area contributed by atoms with Crippen LogP contribution in [0.25, 0.3) is 0 Å². The van der Waals surface area contributed by atoms with Crippen LogP contribution < -0.4 is 4.74 Å². The molecule has 1 aromatic heterocycles. The summed E-state index contributed by atoms with van der Waals surface area (Å²) in [6.07, 6.45) is 4.07. The number of nitrogens with zero attached hydrogens (tertiary/aromatic N) is 3. The molecule has 0 spiro atoms. The lowest BCUT2D eigenvalue weighted by Crippen LogP contribution is -2.51. The number of methoxy groups -OCH3 is 1. The molecule has 2 amide bonds. The summed E-state index contributed by atoms with van der Waals surface area (Å²) in [5.74, 6) is 0.982. The first kappa shape index (κ1) is 19.0. The minimum absolute atomic E-state index is 0.0318. The van der Waals surface area contributed by atoms with Crippen molar-refractivity contribution in [3.63, 3.8) is 0 Å². The number of ether oxygens (including phenoxy) is 1. The first-order valence-corrected chi connectivity index (χ1v) is 9.22. The fraction of sp³-hybridized carbons (Fsp3) is 0.429. The van der Waals surface area contributed by atoms with Crippen LogP contribution in [0.3, 0.4) is 0 Å². The van der Waals surface area contributed by atoms with E-state index in [0.29, 0.717) is 38.2 Å². The number of piperazine rings is 1. The van der Waals surface area contributed by atoms with Gasteiger partial charge >= 0.3 is 0 Å². The lowest BCUT2D eigenvalue weighted by Gasteiger charge is -2.35. The van der Waals surface area contributed by atoms with Crippen molar-refractivity contribution in [2.45, 2.75) is 20.3 Å². The van der Waals surface area contributed by atoms with E-state index in [0.717, 1.165) is 22.4 Å². The van der Waals surface area contributed by atoms with Crippen molar-refractivity contribution in [1.29, 1.82) is 0 Å². The highest BCUT2D eigenvalue weighted by atomic mass is 16.5. The van der Waals surface area contributed by atoms with Gasteiger partial charge in [-0.3, -0.25) is 9.59 Å². The van der Waals surface area contributed by atoms with E-state index in [1.165, 1.54) is 0 Å². The summed E-state index contributed by atoms with van der Waals surface area (Å²) in [6.45, 7) is 6.32. The summed E-state index contributed by atoms with van der Waals surface area (Å²) in [6, 6.07) is 5.71. The monoisotopic (exact) mass is 369 g/mol. The summed E-state index contributed by atoms with van der Waals surface area (Å²) in [5, 5.41) is 0. The zero-order chi connectivity index (χ0) is 19.6. The lowest BCUT2D eigenvalue weighted by atomic mass is 9.99. The van der Waals surface area contributed by atoms with E-state index >= 15 is 0 Å². The maximum Gasteiger partial charge on any atom is 0.255 e. The minimum atomic E-state index is 0.0318. The van der Waals surface area contributed by atoms with Gasteiger partial charge in [0.05, 0.1) is 19.1 Å². The number of amides is 2. The van der Waals surface area contributed by atoms with Gasteiger partial charge in [-0.05, 0) is 42.7 Å². The normalized spacial score (nSPS) is 14.4. The van der Waals surface area contributed by atoms with Gasteiger partial charge < -0.3 is 19.1 Å². The molecule has 2 heterocycles. The number of benzene rings is 1. The van der Waals surface area contributed by atoms with Crippen molar-refractivity contribution in [2.24, 2.45) is 7.05 Å². The maximum atomic E-state index is 12.7. The summed E-state index contributed by atoms with van der Waals surface area (Å²) in [7, 11) is 3.55. The number of carbonyl (C=O) groups excluding carboxylic acids is 2. The zero-order valence-electron chi connectivity index (χ0n) is 16.5. The quantitative estimate of drug-likeness (QED) is 0.830. The second-order valence-electron chi connectivity index (χ2n) is 7.09. The summed E-state index contributed by atoms with van der Waals surface area (Å²) in [5.41, 5.74) is 3.89. The Morgan fingerprint density at radius 3 is 2.26 bits per heavy atom. The molecule has 0 aliphatic carbocycles. The van der Waals surface area contributed by atoms with Gasteiger partial charge in [-0.15, -0.1) is 0 Å². The first-order chi connectivity index (χ1) is 12.9. The van der Waals surface area contributed by atoms with Gasteiger partial charge in [0.1, 0.15) is 5.75 Å². The van der Waals surface area contributed by atoms with Crippen molar-refractivity contribution in [3.8, 4) is 5.75 Å². The number of aromatic nitrogens is 1. The topological polar surface area (TPSA) is 54.8 Å². The van der Waals surface area contributed by atoms with E-state index in [9.17, 15) is 9.59 Å². The number of rotatable bonds is 4. The van der Waals surface area contributed by atoms with E-state index < -0.39 is 0 Å². The van der Waals surface area contributed by atoms with E-state index in [1.54, 1.807) is 7.11 Å². The molecule has 1 saturated heterocycles. The van der Waals surface area contributed by atoms with Crippen LogP contribution in [0.15, 0.2) is 30.6 Å². The Kier molecular flexibility index (Phi) is 5.54. The summed E-state index contributed by atoms with van der Waals surface area (Å²) >= 11 is 0. The molecule has 0 atom stereocenters. The van der Waals surface area contributed by atoms with Crippen LogP contribution in [0.5, 0.6) is 5.75 Å². The van der Waals surface area contributed by atoms with Gasteiger partial charge in [0.25, 0.3) is 5.91 Å². The molecule has 1 fully saturated rings. The molecule has 1 aliphatic rings. The van der Waals surface area contributed by atoms with Gasteiger partial charge in [-0.25, -0.2) is 0 Å². The molecule has 1 aromatic carbocycles. The average Bonchev–Trinajstić information content (AvgIpc) is 3.11. The molecule has 0 N–H and O–H groups in total. The summed E-state index contributed by atoms with van der Waals surface area (Å²) < 4.78 is 7.21. The molecule has 0 bridgehead atoms. The standard InChI is InChI=1S/C21H27N3O3/c1-15-16(2)19(27-4)6-5-17(15)13-20(25)23-9-11-24(12-10-23)21(26)18-7-8-22(3)14-18/h5-8,14H,9-13H2,1-4H3. The molecule has 1 aliphatic heterocycles. The van der Waals surface area contributed by atoms with Crippen LogP contribution >= 0.6 is 0 Å². The molecule has 27 heavy (non-hydrogen) atoms. The van der Waals surface area contributed by atoms with Crippen LogP contribution in [0.2, 0.25) is 0 Å². The third-order valence-corrected chi connectivity index (χ3v) is 5.41. The highest BCUT2D eigenvalue weighted by Crippen LogP contribution is 2.24. The number of carbonyl (C=O) groups is 2. The second kappa shape index (κ2) is 7.86. The Hall–Kier alpha value is -2.76. The molecule has 3 rings (SSSR count). The third kappa shape index (κ3) is 3.99. The van der Waals surface area contributed by atoms with E-state index in [2.05, 4.69) is 0 Å². The van der Waals surface area contributed by atoms with Crippen LogP contribution in [0, 0.1) is 13.8 Å².